The van der Waals surface area contributed by atoms with Gasteiger partial charge < -0.3 is 9.47 Å². The lowest BCUT2D eigenvalue weighted by molar-refractivity contribution is 0.387. The van der Waals surface area contributed by atoms with Crippen molar-refractivity contribution in [3.8, 4) is 11.5 Å². The third kappa shape index (κ3) is 4.26. The third-order valence-corrected chi connectivity index (χ3v) is 10.3. The Morgan fingerprint density at radius 2 is 0.968 bits per heavy atom. The zero-order chi connectivity index (χ0) is 21.7. The van der Waals surface area contributed by atoms with Gasteiger partial charge in [0.1, 0.15) is 40.8 Å². The van der Waals surface area contributed by atoms with Gasteiger partial charge in [0.25, 0.3) is 0 Å². The van der Waals surface area contributed by atoms with E-state index in [0.717, 1.165) is 27.7 Å². The van der Waals surface area contributed by atoms with Crippen LogP contribution in [0.25, 0.3) is 0 Å². The van der Waals surface area contributed by atoms with Gasteiger partial charge in [-0.25, -0.2) is 0 Å². The first-order valence-electron chi connectivity index (χ1n) is 10.1. The Hall–Kier alpha value is -2.61. The van der Waals surface area contributed by atoms with E-state index in [4.69, 9.17) is 9.47 Å². The third-order valence-electron chi connectivity index (χ3n) is 5.56. The van der Waals surface area contributed by atoms with Gasteiger partial charge in [0, 0.05) is 4.47 Å². The predicted octanol–water partition coefficient (Wildman–Crippen LogP) is 5.96. The molecular formula is C27H25BrO2P+. The molecule has 0 saturated heterocycles. The van der Waals surface area contributed by atoms with E-state index in [1.54, 1.807) is 14.2 Å². The van der Waals surface area contributed by atoms with Crippen LogP contribution in [0.2, 0.25) is 0 Å². The molecule has 0 aliphatic rings. The highest BCUT2D eigenvalue weighted by Crippen LogP contribution is 2.60. The summed E-state index contributed by atoms with van der Waals surface area (Å²) in [7, 11) is 1.40. The van der Waals surface area contributed by atoms with E-state index >= 15 is 0 Å². The molecule has 156 valence electrons. The van der Waals surface area contributed by atoms with E-state index in [1.807, 2.05) is 12.1 Å². The molecule has 0 saturated carbocycles. The Morgan fingerprint density at radius 3 is 1.29 bits per heavy atom. The SMILES string of the molecule is COc1cc(Br)cc(OC)c1C[P+](c1ccccc1)(c1ccccc1)c1ccccc1. The van der Waals surface area contributed by atoms with Crippen molar-refractivity contribution in [1.82, 2.24) is 0 Å². The summed E-state index contributed by atoms with van der Waals surface area (Å²) in [6.07, 6.45) is 0.796. The molecule has 0 aliphatic carbocycles. The molecule has 4 heteroatoms. The number of halogens is 1. The Labute approximate surface area is 193 Å². The second kappa shape index (κ2) is 9.68. The highest BCUT2D eigenvalue weighted by Gasteiger charge is 2.46. The molecule has 4 rings (SSSR count). The van der Waals surface area contributed by atoms with Crippen LogP contribution < -0.4 is 25.4 Å². The van der Waals surface area contributed by atoms with E-state index in [0.29, 0.717) is 0 Å². The highest BCUT2D eigenvalue weighted by atomic mass is 79.9. The van der Waals surface area contributed by atoms with Gasteiger partial charge in [-0.05, 0) is 48.5 Å². The van der Waals surface area contributed by atoms with Crippen molar-refractivity contribution in [1.29, 1.82) is 0 Å². The van der Waals surface area contributed by atoms with Gasteiger partial charge in [-0.1, -0.05) is 70.5 Å². The summed E-state index contributed by atoms with van der Waals surface area (Å²) >= 11 is 3.59. The normalized spacial score (nSPS) is 11.2. The second-order valence-electron chi connectivity index (χ2n) is 7.26. The van der Waals surface area contributed by atoms with Crippen molar-refractivity contribution < 1.29 is 9.47 Å². The number of hydrogen-bond acceptors (Lipinski definition) is 2. The second-order valence-corrected chi connectivity index (χ2v) is 11.7. The molecule has 4 aromatic carbocycles. The number of ether oxygens (including phenoxy) is 2. The van der Waals surface area contributed by atoms with Crippen molar-refractivity contribution in [2.75, 3.05) is 14.2 Å². The average Bonchev–Trinajstić information content (AvgIpc) is 2.84. The molecule has 0 radical (unpaired) electrons. The van der Waals surface area contributed by atoms with Crippen LogP contribution in [0.3, 0.4) is 0 Å². The van der Waals surface area contributed by atoms with Gasteiger partial charge in [0.15, 0.2) is 0 Å². The maximum atomic E-state index is 5.83. The van der Waals surface area contributed by atoms with Crippen LogP contribution in [0.5, 0.6) is 11.5 Å². The minimum absolute atomic E-state index is 0.796. The molecule has 2 nitrogen and oxygen atoms in total. The zero-order valence-corrected chi connectivity index (χ0v) is 20.1. The Morgan fingerprint density at radius 1 is 0.613 bits per heavy atom. The summed E-state index contributed by atoms with van der Waals surface area (Å²) in [6, 6.07) is 36.6. The predicted molar refractivity (Wildman–Crippen MR) is 136 cm³/mol. The Bertz CT molecular complexity index is 1010. The molecule has 0 N–H and O–H groups in total. The van der Waals surface area contributed by atoms with Crippen LogP contribution in [-0.2, 0) is 6.16 Å². The summed E-state index contributed by atoms with van der Waals surface area (Å²) in [6.45, 7) is 0. The molecule has 4 aromatic rings. The lowest BCUT2D eigenvalue weighted by Crippen LogP contribution is -2.32. The number of methoxy groups -OCH3 is 2. The summed E-state index contributed by atoms with van der Waals surface area (Å²) in [5.74, 6) is 1.66. The minimum atomic E-state index is -2.05. The first kappa shape index (κ1) is 21.6. The number of benzene rings is 4. The van der Waals surface area contributed by atoms with Crippen LogP contribution in [0, 0.1) is 0 Å². The quantitative estimate of drug-likeness (QED) is 0.297. The van der Waals surface area contributed by atoms with Gasteiger partial charge in [-0.3, -0.25) is 0 Å². The molecule has 0 atom stereocenters. The van der Waals surface area contributed by atoms with Crippen LogP contribution in [0.15, 0.2) is 108 Å². The van der Waals surface area contributed by atoms with Crippen LogP contribution in [-0.4, -0.2) is 14.2 Å². The number of rotatable bonds is 7. The highest BCUT2D eigenvalue weighted by molar-refractivity contribution is 9.10. The maximum absolute atomic E-state index is 5.83. The average molecular weight is 492 g/mol. The first-order valence-corrected chi connectivity index (χ1v) is 12.9. The number of hydrogen-bond donors (Lipinski definition) is 0. The van der Waals surface area contributed by atoms with E-state index in [1.165, 1.54) is 15.9 Å². The molecule has 0 unspecified atom stereocenters. The first-order chi connectivity index (χ1) is 15.2. The van der Waals surface area contributed by atoms with E-state index < -0.39 is 7.26 Å². The summed E-state index contributed by atoms with van der Waals surface area (Å²) < 4.78 is 12.6. The Balaban J connectivity index is 2.05. The van der Waals surface area contributed by atoms with E-state index in [2.05, 4.69) is 107 Å². The molecule has 0 heterocycles. The van der Waals surface area contributed by atoms with Crippen LogP contribution >= 0.6 is 23.2 Å². The molecule has 0 aliphatic heterocycles. The largest absolute Gasteiger partial charge is 0.496 e. The van der Waals surface area contributed by atoms with Crippen molar-refractivity contribution in [2.24, 2.45) is 0 Å². The van der Waals surface area contributed by atoms with Crippen molar-refractivity contribution in [3.05, 3.63) is 113 Å². The maximum Gasteiger partial charge on any atom is 0.130 e. The van der Waals surface area contributed by atoms with Crippen molar-refractivity contribution in [3.63, 3.8) is 0 Å². The molecule has 0 aromatic heterocycles. The van der Waals surface area contributed by atoms with Crippen molar-refractivity contribution in [2.45, 2.75) is 6.16 Å². The fraction of sp³-hybridized carbons (Fsp3) is 0.111. The molecule has 0 amide bonds. The fourth-order valence-electron chi connectivity index (χ4n) is 4.11. The molecule has 0 fully saturated rings. The van der Waals surface area contributed by atoms with E-state index in [-0.39, 0.29) is 0 Å². The van der Waals surface area contributed by atoms with Crippen LogP contribution in [0.4, 0.5) is 0 Å². The summed E-state index contributed by atoms with van der Waals surface area (Å²) in [4.78, 5) is 0. The zero-order valence-electron chi connectivity index (χ0n) is 17.7. The monoisotopic (exact) mass is 491 g/mol. The molecule has 31 heavy (non-hydrogen) atoms. The van der Waals surface area contributed by atoms with Gasteiger partial charge in [-0.2, -0.15) is 0 Å². The lowest BCUT2D eigenvalue weighted by Gasteiger charge is -2.29. The molecule has 0 bridgehead atoms. The fourth-order valence-corrected chi connectivity index (χ4v) is 8.80. The van der Waals surface area contributed by atoms with E-state index in [9.17, 15) is 0 Å². The lowest BCUT2D eigenvalue weighted by atomic mass is 10.2. The smallest absolute Gasteiger partial charge is 0.130 e. The van der Waals surface area contributed by atoms with Gasteiger partial charge >= 0.3 is 0 Å². The summed E-state index contributed by atoms with van der Waals surface area (Å²) in [5.41, 5.74) is 1.08. The van der Waals surface area contributed by atoms with Gasteiger partial charge in [0.05, 0.1) is 19.8 Å². The molecular weight excluding hydrogens is 467 g/mol. The van der Waals surface area contributed by atoms with Gasteiger partial charge in [-0.15, -0.1) is 0 Å². The standard InChI is InChI=1S/C27H25BrO2P/c1-29-26-18-21(28)19-27(30-2)25(26)20-31(22-12-6-3-7-13-22,23-14-8-4-9-15-23)24-16-10-5-11-17-24/h3-19H,20H2,1-2H3/q+1. The molecule has 0 spiro atoms. The minimum Gasteiger partial charge on any atom is -0.496 e. The van der Waals surface area contributed by atoms with Crippen LogP contribution in [0.1, 0.15) is 5.56 Å². The Kier molecular flexibility index (Phi) is 6.75. The van der Waals surface area contributed by atoms with Gasteiger partial charge in [0.2, 0.25) is 0 Å². The summed E-state index contributed by atoms with van der Waals surface area (Å²) in [5, 5.41) is 4.00. The van der Waals surface area contributed by atoms with Crippen molar-refractivity contribution >= 4 is 39.1 Å². The topological polar surface area (TPSA) is 18.5 Å².